The molecule has 0 saturated carbocycles. The van der Waals surface area contributed by atoms with Crippen molar-refractivity contribution in [3.63, 3.8) is 0 Å². The van der Waals surface area contributed by atoms with E-state index in [4.69, 9.17) is 15.2 Å². The first-order chi connectivity index (χ1) is 10.2. The molecule has 112 valence electrons. The summed E-state index contributed by atoms with van der Waals surface area (Å²) in [6.45, 7) is 3.15. The molecule has 0 aliphatic carbocycles. The summed E-state index contributed by atoms with van der Waals surface area (Å²) in [5.74, 6) is 0.938. The molecule has 1 aromatic heterocycles. The minimum atomic E-state index is 0.405. The van der Waals surface area contributed by atoms with E-state index >= 15 is 0 Å². The number of aromatic nitrogens is 2. The smallest absolute Gasteiger partial charge is 0.242 e. The first kappa shape index (κ1) is 15.1. The van der Waals surface area contributed by atoms with Gasteiger partial charge < -0.3 is 20.5 Å². The van der Waals surface area contributed by atoms with Gasteiger partial charge in [-0.25, -0.2) is 4.98 Å². The van der Waals surface area contributed by atoms with Crippen LogP contribution in [0.3, 0.4) is 0 Å². The minimum absolute atomic E-state index is 0.405. The number of anilines is 3. The van der Waals surface area contributed by atoms with E-state index in [-0.39, 0.29) is 0 Å². The molecule has 2 aromatic rings. The number of benzene rings is 1. The maximum Gasteiger partial charge on any atom is 0.242 e. The maximum absolute atomic E-state index is 6.03. The fourth-order valence-electron chi connectivity index (χ4n) is 1.84. The van der Waals surface area contributed by atoms with E-state index < -0.39 is 0 Å². The van der Waals surface area contributed by atoms with Gasteiger partial charge >= 0.3 is 0 Å². The number of nitrogen functional groups attached to an aromatic ring is 1. The Morgan fingerprint density at radius 3 is 2.90 bits per heavy atom. The molecule has 0 bridgehead atoms. The van der Waals surface area contributed by atoms with Gasteiger partial charge in [-0.15, -0.1) is 0 Å². The van der Waals surface area contributed by atoms with Crippen LogP contribution in [0, 0.1) is 0 Å². The second-order valence-corrected chi connectivity index (χ2v) is 4.55. The van der Waals surface area contributed by atoms with Gasteiger partial charge in [-0.3, -0.25) is 0 Å². The molecular weight excluding hydrogens is 268 g/mol. The largest absolute Gasteiger partial charge is 0.476 e. The highest BCUT2D eigenvalue weighted by Gasteiger charge is 2.09. The summed E-state index contributed by atoms with van der Waals surface area (Å²) in [4.78, 5) is 8.21. The zero-order valence-corrected chi connectivity index (χ0v) is 12.3. The number of nitrogens with one attached hydrogen (secondary N) is 1. The van der Waals surface area contributed by atoms with Crippen molar-refractivity contribution in [2.75, 3.05) is 24.8 Å². The van der Waals surface area contributed by atoms with E-state index in [0.29, 0.717) is 30.6 Å². The van der Waals surface area contributed by atoms with Crippen molar-refractivity contribution in [1.29, 1.82) is 0 Å². The SMILES string of the molecule is CCCOc1ncnc(Nc2cccc(COC)c2)c1N. The van der Waals surface area contributed by atoms with Crippen molar-refractivity contribution < 1.29 is 9.47 Å². The summed E-state index contributed by atoms with van der Waals surface area (Å²) >= 11 is 0. The molecule has 1 aromatic carbocycles. The van der Waals surface area contributed by atoms with Crippen LogP contribution in [0.25, 0.3) is 0 Å². The standard InChI is InChI=1S/C15H20N4O2/c1-3-7-21-15-13(16)14(17-10-18-15)19-12-6-4-5-11(8-12)9-20-2/h4-6,8,10H,3,7,9,16H2,1-2H3,(H,17,18,19). The molecule has 2 rings (SSSR count). The number of hydrogen-bond donors (Lipinski definition) is 2. The second kappa shape index (κ2) is 7.44. The maximum atomic E-state index is 6.03. The quantitative estimate of drug-likeness (QED) is 0.815. The summed E-state index contributed by atoms with van der Waals surface area (Å²) in [5, 5.41) is 3.18. The molecule has 0 unspecified atom stereocenters. The van der Waals surface area contributed by atoms with Crippen molar-refractivity contribution in [2.45, 2.75) is 20.0 Å². The molecule has 0 aliphatic rings. The zero-order chi connectivity index (χ0) is 15.1. The fraction of sp³-hybridized carbons (Fsp3) is 0.333. The van der Waals surface area contributed by atoms with Gasteiger partial charge in [0, 0.05) is 12.8 Å². The van der Waals surface area contributed by atoms with Crippen molar-refractivity contribution in [2.24, 2.45) is 0 Å². The number of nitrogens with zero attached hydrogens (tertiary/aromatic N) is 2. The molecule has 21 heavy (non-hydrogen) atoms. The van der Waals surface area contributed by atoms with E-state index in [9.17, 15) is 0 Å². The Labute approximate surface area is 124 Å². The van der Waals surface area contributed by atoms with Crippen LogP contribution in [-0.2, 0) is 11.3 Å². The fourth-order valence-corrected chi connectivity index (χ4v) is 1.84. The van der Waals surface area contributed by atoms with Crippen molar-refractivity contribution in [1.82, 2.24) is 9.97 Å². The van der Waals surface area contributed by atoms with Crippen LogP contribution in [-0.4, -0.2) is 23.7 Å². The first-order valence-corrected chi connectivity index (χ1v) is 6.82. The van der Waals surface area contributed by atoms with E-state index in [1.807, 2.05) is 31.2 Å². The first-order valence-electron chi connectivity index (χ1n) is 6.82. The van der Waals surface area contributed by atoms with Gasteiger partial charge in [-0.05, 0) is 24.1 Å². The Morgan fingerprint density at radius 2 is 2.14 bits per heavy atom. The number of ether oxygens (including phenoxy) is 2. The van der Waals surface area contributed by atoms with Gasteiger partial charge in [-0.1, -0.05) is 19.1 Å². The minimum Gasteiger partial charge on any atom is -0.476 e. The van der Waals surface area contributed by atoms with Crippen molar-refractivity contribution in [3.8, 4) is 5.88 Å². The van der Waals surface area contributed by atoms with Gasteiger partial charge in [0.2, 0.25) is 5.88 Å². The number of methoxy groups -OCH3 is 1. The lowest BCUT2D eigenvalue weighted by Crippen LogP contribution is -2.06. The lowest BCUT2D eigenvalue weighted by molar-refractivity contribution is 0.185. The summed E-state index contributed by atoms with van der Waals surface area (Å²) in [6, 6.07) is 7.86. The molecule has 0 spiro atoms. The second-order valence-electron chi connectivity index (χ2n) is 4.55. The zero-order valence-electron chi connectivity index (χ0n) is 12.3. The monoisotopic (exact) mass is 288 g/mol. The van der Waals surface area contributed by atoms with E-state index in [1.54, 1.807) is 7.11 Å². The highest BCUT2D eigenvalue weighted by Crippen LogP contribution is 2.27. The van der Waals surface area contributed by atoms with Crippen LogP contribution in [0.1, 0.15) is 18.9 Å². The van der Waals surface area contributed by atoms with Gasteiger partial charge in [-0.2, -0.15) is 4.98 Å². The lowest BCUT2D eigenvalue weighted by Gasteiger charge is -2.12. The topological polar surface area (TPSA) is 82.3 Å². The van der Waals surface area contributed by atoms with Gasteiger partial charge in [0.15, 0.2) is 5.82 Å². The summed E-state index contributed by atoms with van der Waals surface area (Å²) < 4.78 is 10.6. The highest BCUT2D eigenvalue weighted by atomic mass is 16.5. The van der Waals surface area contributed by atoms with Crippen LogP contribution in [0.15, 0.2) is 30.6 Å². The molecule has 0 saturated heterocycles. The third-order valence-corrected chi connectivity index (χ3v) is 2.79. The third kappa shape index (κ3) is 4.06. The molecule has 3 N–H and O–H groups in total. The molecule has 0 atom stereocenters. The average Bonchev–Trinajstić information content (AvgIpc) is 2.49. The van der Waals surface area contributed by atoms with Crippen LogP contribution in [0.4, 0.5) is 17.2 Å². The number of rotatable bonds is 7. The highest BCUT2D eigenvalue weighted by molar-refractivity contribution is 5.72. The van der Waals surface area contributed by atoms with Crippen LogP contribution in [0.2, 0.25) is 0 Å². The van der Waals surface area contributed by atoms with E-state index in [0.717, 1.165) is 17.7 Å². The predicted molar refractivity (Wildman–Crippen MR) is 82.7 cm³/mol. The van der Waals surface area contributed by atoms with E-state index in [1.165, 1.54) is 6.33 Å². The third-order valence-electron chi connectivity index (χ3n) is 2.79. The molecule has 0 aliphatic heterocycles. The summed E-state index contributed by atoms with van der Waals surface area (Å²) in [6.07, 6.45) is 2.33. The Balaban J connectivity index is 2.17. The number of nitrogens with two attached hydrogens (primary N) is 1. The Kier molecular flexibility index (Phi) is 5.34. The molecule has 0 amide bonds. The van der Waals surface area contributed by atoms with Gasteiger partial charge in [0.05, 0.1) is 13.2 Å². The van der Waals surface area contributed by atoms with Crippen LogP contribution in [0.5, 0.6) is 5.88 Å². The molecule has 0 radical (unpaired) electrons. The van der Waals surface area contributed by atoms with Crippen molar-refractivity contribution >= 4 is 17.2 Å². The molecule has 6 nitrogen and oxygen atoms in total. The van der Waals surface area contributed by atoms with Crippen LogP contribution < -0.4 is 15.8 Å². The molecule has 0 fully saturated rings. The Hall–Kier alpha value is -2.34. The summed E-state index contributed by atoms with van der Waals surface area (Å²) in [7, 11) is 1.67. The van der Waals surface area contributed by atoms with Crippen molar-refractivity contribution in [3.05, 3.63) is 36.2 Å². The Morgan fingerprint density at radius 1 is 1.29 bits per heavy atom. The van der Waals surface area contributed by atoms with E-state index in [2.05, 4.69) is 15.3 Å². The van der Waals surface area contributed by atoms with Crippen LogP contribution >= 0.6 is 0 Å². The Bertz CT molecular complexity index is 590. The van der Waals surface area contributed by atoms with Gasteiger partial charge in [0.25, 0.3) is 0 Å². The lowest BCUT2D eigenvalue weighted by atomic mass is 10.2. The molecule has 1 heterocycles. The molecular formula is C15H20N4O2. The molecule has 6 heteroatoms. The normalized spacial score (nSPS) is 10.4. The summed E-state index contributed by atoms with van der Waals surface area (Å²) in [5.41, 5.74) is 8.39. The van der Waals surface area contributed by atoms with Gasteiger partial charge in [0.1, 0.15) is 12.0 Å². The average molecular weight is 288 g/mol. The predicted octanol–water partition coefficient (Wildman–Crippen LogP) is 2.74. The number of hydrogen-bond acceptors (Lipinski definition) is 6.